The maximum absolute atomic E-state index is 11.1. The average Bonchev–Trinajstić information content (AvgIpc) is 2.24. The largest absolute Gasteiger partial charge is 0.490 e. The highest BCUT2D eigenvalue weighted by molar-refractivity contribution is 5.82. The summed E-state index contributed by atoms with van der Waals surface area (Å²) in [5, 5.41) is 7.12. The van der Waals surface area contributed by atoms with Crippen molar-refractivity contribution in [2.75, 3.05) is 14.1 Å². The van der Waals surface area contributed by atoms with E-state index in [0.717, 1.165) is 0 Å². The molecule has 0 radical (unpaired) electrons. The van der Waals surface area contributed by atoms with Gasteiger partial charge in [0.2, 0.25) is 11.8 Å². The van der Waals surface area contributed by atoms with Crippen LogP contribution in [0.1, 0.15) is 12.8 Å². The van der Waals surface area contributed by atoms with Crippen LogP contribution in [0.2, 0.25) is 0 Å². The number of aliphatic carboxylic acids is 1. The summed E-state index contributed by atoms with van der Waals surface area (Å²) >= 11 is 0. The van der Waals surface area contributed by atoms with Crippen LogP contribution in [0.3, 0.4) is 0 Å². The van der Waals surface area contributed by atoms with E-state index in [0.29, 0.717) is 6.42 Å². The van der Waals surface area contributed by atoms with Crippen molar-refractivity contribution in [3.63, 3.8) is 0 Å². The highest BCUT2D eigenvalue weighted by atomic mass is 19.4. The van der Waals surface area contributed by atoms with Crippen LogP contribution in [0.5, 0.6) is 0 Å². The van der Waals surface area contributed by atoms with Crippen LogP contribution in [0.4, 0.5) is 13.2 Å². The Morgan fingerprint density at radius 3 is 1.84 bits per heavy atom. The third-order valence-electron chi connectivity index (χ3n) is 1.70. The average molecular weight is 287 g/mol. The lowest BCUT2D eigenvalue weighted by molar-refractivity contribution is -0.192. The second-order valence-corrected chi connectivity index (χ2v) is 3.65. The first-order valence-electron chi connectivity index (χ1n) is 4.94. The lowest BCUT2D eigenvalue weighted by Crippen LogP contribution is -2.40. The van der Waals surface area contributed by atoms with Gasteiger partial charge in [0.15, 0.2) is 0 Å². The molecule has 112 valence electrons. The molecule has 19 heavy (non-hydrogen) atoms. The van der Waals surface area contributed by atoms with Gasteiger partial charge in [0.1, 0.15) is 0 Å². The number of amides is 2. The summed E-state index contributed by atoms with van der Waals surface area (Å²) in [6, 6.07) is -0.618. The van der Waals surface area contributed by atoms with Crippen molar-refractivity contribution >= 4 is 17.8 Å². The number of primary amides is 1. The highest BCUT2D eigenvalue weighted by Crippen LogP contribution is 2.13. The van der Waals surface area contributed by atoms with E-state index < -0.39 is 24.1 Å². The third-order valence-corrected chi connectivity index (χ3v) is 1.70. The number of rotatable bonds is 4. The molecule has 0 bridgehead atoms. The first kappa shape index (κ1) is 19.5. The first-order valence-corrected chi connectivity index (χ1v) is 4.94. The number of nitrogens with zero attached hydrogens (tertiary/aromatic N) is 1. The molecule has 0 aromatic carbocycles. The molecule has 0 spiro atoms. The summed E-state index contributed by atoms with van der Waals surface area (Å²) in [6.07, 6.45) is -4.62. The Labute approximate surface area is 107 Å². The fourth-order valence-electron chi connectivity index (χ4n) is 0.753. The maximum atomic E-state index is 11.1. The molecule has 0 saturated heterocycles. The Kier molecular flexibility index (Phi) is 8.51. The van der Waals surface area contributed by atoms with E-state index in [-0.39, 0.29) is 12.3 Å². The monoisotopic (exact) mass is 287 g/mol. The number of hydrogen-bond acceptors (Lipinski definition) is 4. The molecule has 1 atom stereocenters. The van der Waals surface area contributed by atoms with Gasteiger partial charge < -0.3 is 21.5 Å². The summed E-state index contributed by atoms with van der Waals surface area (Å²) in [7, 11) is 3.24. The number of alkyl halides is 3. The molecule has 5 N–H and O–H groups in total. The van der Waals surface area contributed by atoms with Crippen LogP contribution in [-0.4, -0.2) is 54.1 Å². The summed E-state index contributed by atoms with van der Waals surface area (Å²) < 4.78 is 31.7. The fraction of sp³-hybridized carbons (Fsp3) is 0.667. The smallest absolute Gasteiger partial charge is 0.475 e. The molecule has 0 aliphatic rings. The van der Waals surface area contributed by atoms with Crippen molar-refractivity contribution in [3.8, 4) is 0 Å². The van der Waals surface area contributed by atoms with Gasteiger partial charge in [-0.05, 0) is 6.42 Å². The minimum atomic E-state index is -5.08. The van der Waals surface area contributed by atoms with Crippen molar-refractivity contribution in [1.29, 1.82) is 0 Å². The van der Waals surface area contributed by atoms with Crippen molar-refractivity contribution in [2.45, 2.75) is 25.1 Å². The summed E-state index contributed by atoms with van der Waals surface area (Å²) in [5.74, 6) is -3.37. The van der Waals surface area contributed by atoms with Gasteiger partial charge in [0, 0.05) is 20.5 Å². The van der Waals surface area contributed by atoms with Crippen molar-refractivity contribution < 1.29 is 32.7 Å². The Hall–Kier alpha value is -1.84. The van der Waals surface area contributed by atoms with Crippen molar-refractivity contribution in [2.24, 2.45) is 11.5 Å². The standard InChI is InChI=1S/C7H15N3O2.C2HF3O2/c1-10(2)7(12)5(8)3-4-6(9)11;3-2(4,5)1(6)7/h5H,3-4,8H2,1-2H3,(H2,9,11);(H,6,7)/t5-;/m0./s1. The molecule has 7 nitrogen and oxygen atoms in total. The van der Waals surface area contributed by atoms with E-state index in [9.17, 15) is 22.8 Å². The number of halogens is 3. The van der Waals surface area contributed by atoms with Crippen LogP contribution in [0.25, 0.3) is 0 Å². The van der Waals surface area contributed by atoms with Gasteiger partial charge in [0.25, 0.3) is 0 Å². The van der Waals surface area contributed by atoms with Crippen LogP contribution >= 0.6 is 0 Å². The van der Waals surface area contributed by atoms with Crippen LogP contribution < -0.4 is 11.5 Å². The number of likely N-dealkylation sites (N-methyl/N-ethyl adjacent to an activating group) is 1. The maximum Gasteiger partial charge on any atom is 0.490 e. The summed E-state index contributed by atoms with van der Waals surface area (Å²) in [4.78, 5) is 31.7. The number of carboxylic acid groups (broad SMARTS) is 1. The zero-order chi connectivity index (χ0) is 15.8. The lowest BCUT2D eigenvalue weighted by atomic mass is 10.1. The van der Waals surface area contributed by atoms with Crippen LogP contribution in [0, 0.1) is 0 Å². The minimum Gasteiger partial charge on any atom is -0.475 e. The molecule has 0 aliphatic carbocycles. The second kappa shape index (κ2) is 8.29. The summed E-state index contributed by atoms with van der Waals surface area (Å²) in [5.41, 5.74) is 10.4. The second-order valence-electron chi connectivity index (χ2n) is 3.65. The molecule has 0 aromatic rings. The molecule has 0 rings (SSSR count). The van der Waals surface area contributed by atoms with Gasteiger partial charge in [-0.25, -0.2) is 4.79 Å². The molecular weight excluding hydrogens is 271 g/mol. The molecule has 0 fully saturated rings. The molecule has 2 amide bonds. The van der Waals surface area contributed by atoms with E-state index in [4.69, 9.17) is 21.4 Å². The number of carbonyl (C=O) groups excluding carboxylic acids is 2. The van der Waals surface area contributed by atoms with E-state index in [2.05, 4.69) is 0 Å². The Morgan fingerprint density at radius 1 is 1.26 bits per heavy atom. The van der Waals surface area contributed by atoms with Gasteiger partial charge in [-0.1, -0.05) is 0 Å². The predicted molar refractivity (Wildman–Crippen MR) is 58.8 cm³/mol. The molecule has 0 heterocycles. The molecule has 0 unspecified atom stereocenters. The Balaban J connectivity index is 0. The van der Waals surface area contributed by atoms with Gasteiger partial charge in [0.05, 0.1) is 6.04 Å². The van der Waals surface area contributed by atoms with E-state index in [1.54, 1.807) is 14.1 Å². The molecule has 10 heteroatoms. The molecule has 0 aromatic heterocycles. The number of carboxylic acids is 1. The summed E-state index contributed by atoms with van der Waals surface area (Å²) in [6.45, 7) is 0. The number of nitrogens with two attached hydrogens (primary N) is 2. The Morgan fingerprint density at radius 2 is 1.63 bits per heavy atom. The molecule has 0 aliphatic heterocycles. The Bertz CT molecular complexity index is 331. The van der Waals surface area contributed by atoms with Crippen molar-refractivity contribution in [1.82, 2.24) is 4.90 Å². The SMILES string of the molecule is CN(C)C(=O)[C@@H](N)CCC(N)=O.O=C(O)C(F)(F)F. The minimum absolute atomic E-state index is 0.154. The normalized spacial score (nSPS) is 11.9. The quantitative estimate of drug-likeness (QED) is 0.630. The van der Waals surface area contributed by atoms with Gasteiger partial charge in [-0.3, -0.25) is 9.59 Å². The zero-order valence-electron chi connectivity index (χ0n) is 10.4. The van der Waals surface area contributed by atoms with E-state index >= 15 is 0 Å². The predicted octanol–water partition coefficient (Wildman–Crippen LogP) is -0.699. The first-order chi connectivity index (χ1) is 8.39. The van der Waals surface area contributed by atoms with Gasteiger partial charge >= 0.3 is 12.1 Å². The van der Waals surface area contributed by atoms with Crippen LogP contribution in [-0.2, 0) is 14.4 Å². The number of hydrogen-bond donors (Lipinski definition) is 3. The lowest BCUT2D eigenvalue weighted by Gasteiger charge is -2.15. The molecular formula is C9H16F3N3O4. The van der Waals surface area contributed by atoms with Gasteiger partial charge in [-0.2, -0.15) is 13.2 Å². The van der Waals surface area contributed by atoms with E-state index in [1.807, 2.05) is 0 Å². The van der Waals surface area contributed by atoms with Gasteiger partial charge in [-0.15, -0.1) is 0 Å². The van der Waals surface area contributed by atoms with E-state index in [1.165, 1.54) is 4.90 Å². The topological polar surface area (TPSA) is 127 Å². The fourth-order valence-corrected chi connectivity index (χ4v) is 0.753. The number of carbonyl (C=O) groups is 3. The highest BCUT2D eigenvalue weighted by Gasteiger charge is 2.38. The third kappa shape index (κ3) is 11.0. The van der Waals surface area contributed by atoms with Crippen molar-refractivity contribution in [3.05, 3.63) is 0 Å². The molecule has 0 saturated carbocycles. The zero-order valence-corrected chi connectivity index (χ0v) is 10.4. The van der Waals surface area contributed by atoms with Crippen LogP contribution in [0.15, 0.2) is 0 Å².